The number of halogens is 2. The van der Waals surface area contributed by atoms with Crippen LogP contribution >= 0.6 is 0 Å². The second kappa shape index (κ2) is 8.22. The molecule has 24 heavy (non-hydrogen) atoms. The Labute approximate surface area is 140 Å². The van der Waals surface area contributed by atoms with E-state index < -0.39 is 11.6 Å². The molecular formula is C19H21F2NO2. The van der Waals surface area contributed by atoms with E-state index >= 15 is 0 Å². The predicted molar refractivity (Wildman–Crippen MR) is 88.0 cm³/mol. The minimum absolute atomic E-state index is 0.0761. The van der Waals surface area contributed by atoms with Crippen LogP contribution in [0.15, 0.2) is 48.5 Å². The number of rotatable bonds is 6. The molecule has 0 saturated carbocycles. The summed E-state index contributed by atoms with van der Waals surface area (Å²) in [7, 11) is 0. The Bertz CT molecular complexity index is 645. The van der Waals surface area contributed by atoms with Crippen molar-refractivity contribution in [1.82, 2.24) is 4.90 Å². The molecule has 2 aromatic rings. The van der Waals surface area contributed by atoms with Crippen LogP contribution in [0.25, 0.3) is 0 Å². The van der Waals surface area contributed by atoms with Crippen molar-refractivity contribution in [3.8, 4) is 5.75 Å². The fourth-order valence-corrected chi connectivity index (χ4v) is 2.81. The van der Waals surface area contributed by atoms with Crippen LogP contribution in [-0.4, -0.2) is 37.7 Å². The topological polar surface area (TPSA) is 21.7 Å². The van der Waals surface area contributed by atoms with Crippen LogP contribution in [0.2, 0.25) is 0 Å². The Kier molecular flexibility index (Phi) is 5.77. The van der Waals surface area contributed by atoms with E-state index in [1.807, 2.05) is 30.3 Å². The second-order valence-electron chi connectivity index (χ2n) is 5.83. The van der Waals surface area contributed by atoms with E-state index in [4.69, 9.17) is 9.47 Å². The molecule has 1 fully saturated rings. The molecule has 0 aliphatic carbocycles. The molecule has 1 heterocycles. The van der Waals surface area contributed by atoms with E-state index in [1.165, 1.54) is 12.1 Å². The standard InChI is InChI=1S/C19H21F2NO2/c20-16-6-7-19(17(21)14-16)24-18(15-4-2-1-3-5-15)8-9-22-10-12-23-13-11-22/h1-7,14,18H,8-13H2. The van der Waals surface area contributed by atoms with Crippen LogP contribution in [-0.2, 0) is 4.74 Å². The van der Waals surface area contributed by atoms with E-state index in [-0.39, 0.29) is 11.9 Å². The number of hydrogen-bond donors (Lipinski definition) is 0. The maximum atomic E-state index is 13.9. The Morgan fingerprint density at radius 1 is 1.04 bits per heavy atom. The lowest BCUT2D eigenvalue weighted by Crippen LogP contribution is -2.37. The molecule has 1 saturated heterocycles. The Balaban J connectivity index is 1.72. The molecular weight excluding hydrogens is 312 g/mol. The van der Waals surface area contributed by atoms with Gasteiger partial charge in [0.2, 0.25) is 0 Å². The highest BCUT2D eigenvalue weighted by Gasteiger charge is 2.18. The summed E-state index contributed by atoms with van der Waals surface area (Å²) in [4.78, 5) is 2.31. The van der Waals surface area contributed by atoms with Gasteiger partial charge in [0.25, 0.3) is 0 Å². The maximum Gasteiger partial charge on any atom is 0.168 e. The normalized spacial score (nSPS) is 16.8. The molecule has 1 unspecified atom stereocenters. The van der Waals surface area contributed by atoms with E-state index in [2.05, 4.69) is 4.90 Å². The maximum absolute atomic E-state index is 13.9. The van der Waals surface area contributed by atoms with E-state index in [9.17, 15) is 8.78 Å². The van der Waals surface area contributed by atoms with Crippen molar-refractivity contribution in [1.29, 1.82) is 0 Å². The monoisotopic (exact) mass is 333 g/mol. The molecule has 2 aromatic carbocycles. The fourth-order valence-electron chi connectivity index (χ4n) is 2.81. The molecule has 0 N–H and O–H groups in total. The summed E-state index contributed by atoms with van der Waals surface area (Å²) in [5, 5.41) is 0. The first kappa shape index (κ1) is 16.9. The third kappa shape index (κ3) is 4.52. The van der Waals surface area contributed by atoms with Crippen molar-refractivity contribution in [3.05, 3.63) is 65.7 Å². The second-order valence-corrected chi connectivity index (χ2v) is 5.83. The predicted octanol–water partition coefficient (Wildman–Crippen LogP) is 3.81. The van der Waals surface area contributed by atoms with Crippen LogP contribution in [0.1, 0.15) is 18.1 Å². The Morgan fingerprint density at radius 3 is 2.50 bits per heavy atom. The fraction of sp³-hybridized carbons (Fsp3) is 0.368. The van der Waals surface area contributed by atoms with Gasteiger partial charge in [0.1, 0.15) is 11.9 Å². The summed E-state index contributed by atoms with van der Waals surface area (Å²) >= 11 is 0. The Hall–Kier alpha value is -1.98. The van der Waals surface area contributed by atoms with Crippen molar-refractivity contribution >= 4 is 0 Å². The van der Waals surface area contributed by atoms with Crippen molar-refractivity contribution in [3.63, 3.8) is 0 Å². The van der Waals surface area contributed by atoms with Gasteiger partial charge in [-0.3, -0.25) is 4.90 Å². The molecule has 5 heteroatoms. The summed E-state index contributed by atoms with van der Waals surface area (Å²) in [5.74, 6) is -1.21. The first-order valence-electron chi connectivity index (χ1n) is 8.19. The zero-order valence-corrected chi connectivity index (χ0v) is 13.5. The van der Waals surface area contributed by atoms with Gasteiger partial charge in [-0.05, 0) is 17.7 Å². The van der Waals surface area contributed by atoms with Gasteiger partial charge in [0.05, 0.1) is 13.2 Å². The summed E-state index contributed by atoms with van der Waals surface area (Å²) < 4.78 is 38.2. The van der Waals surface area contributed by atoms with Crippen molar-refractivity contribution < 1.29 is 18.3 Å². The van der Waals surface area contributed by atoms with Gasteiger partial charge in [-0.2, -0.15) is 0 Å². The van der Waals surface area contributed by atoms with Gasteiger partial charge in [-0.1, -0.05) is 30.3 Å². The molecule has 0 radical (unpaired) electrons. The zero-order valence-electron chi connectivity index (χ0n) is 13.5. The first-order valence-corrected chi connectivity index (χ1v) is 8.19. The lowest BCUT2D eigenvalue weighted by molar-refractivity contribution is 0.0315. The van der Waals surface area contributed by atoms with E-state index in [0.717, 1.165) is 50.9 Å². The smallest absolute Gasteiger partial charge is 0.168 e. The van der Waals surface area contributed by atoms with Gasteiger partial charge in [0.15, 0.2) is 11.6 Å². The molecule has 0 aromatic heterocycles. The highest BCUT2D eigenvalue weighted by Crippen LogP contribution is 2.27. The first-order chi connectivity index (χ1) is 11.7. The lowest BCUT2D eigenvalue weighted by atomic mass is 10.1. The molecule has 1 atom stereocenters. The van der Waals surface area contributed by atoms with Gasteiger partial charge in [-0.25, -0.2) is 8.78 Å². The lowest BCUT2D eigenvalue weighted by Gasteiger charge is -2.28. The average Bonchev–Trinajstić information content (AvgIpc) is 2.62. The van der Waals surface area contributed by atoms with Crippen LogP contribution in [0.5, 0.6) is 5.75 Å². The van der Waals surface area contributed by atoms with Crippen LogP contribution < -0.4 is 4.74 Å². The molecule has 0 spiro atoms. The number of morpholine rings is 1. The van der Waals surface area contributed by atoms with E-state index in [1.54, 1.807) is 0 Å². The van der Waals surface area contributed by atoms with Gasteiger partial charge < -0.3 is 9.47 Å². The zero-order chi connectivity index (χ0) is 16.8. The van der Waals surface area contributed by atoms with Gasteiger partial charge >= 0.3 is 0 Å². The molecule has 1 aliphatic heterocycles. The number of ether oxygens (including phenoxy) is 2. The number of hydrogen-bond acceptors (Lipinski definition) is 3. The van der Waals surface area contributed by atoms with Crippen molar-refractivity contribution in [2.45, 2.75) is 12.5 Å². The third-order valence-electron chi connectivity index (χ3n) is 4.15. The molecule has 0 amide bonds. The summed E-state index contributed by atoms with van der Waals surface area (Å²) in [6.07, 6.45) is 0.440. The SMILES string of the molecule is Fc1ccc(OC(CCN2CCOCC2)c2ccccc2)c(F)c1. The molecule has 3 rings (SSSR count). The van der Waals surface area contributed by atoms with Gasteiger partial charge in [0, 0.05) is 32.1 Å². The molecule has 0 bridgehead atoms. The molecule has 3 nitrogen and oxygen atoms in total. The van der Waals surface area contributed by atoms with Crippen LogP contribution in [0, 0.1) is 11.6 Å². The number of nitrogens with zero attached hydrogens (tertiary/aromatic N) is 1. The highest BCUT2D eigenvalue weighted by molar-refractivity contribution is 5.27. The summed E-state index contributed by atoms with van der Waals surface area (Å²) in [6, 6.07) is 13.1. The minimum Gasteiger partial charge on any atom is -0.483 e. The van der Waals surface area contributed by atoms with Crippen molar-refractivity contribution in [2.24, 2.45) is 0 Å². The summed E-state index contributed by atoms with van der Waals surface area (Å²) in [5.41, 5.74) is 0.981. The average molecular weight is 333 g/mol. The number of benzene rings is 2. The third-order valence-corrected chi connectivity index (χ3v) is 4.15. The van der Waals surface area contributed by atoms with Crippen LogP contribution in [0.3, 0.4) is 0 Å². The van der Waals surface area contributed by atoms with E-state index in [0.29, 0.717) is 0 Å². The minimum atomic E-state index is -0.678. The highest BCUT2D eigenvalue weighted by atomic mass is 19.1. The quantitative estimate of drug-likeness (QED) is 0.802. The molecule has 128 valence electrons. The van der Waals surface area contributed by atoms with Crippen LogP contribution in [0.4, 0.5) is 8.78 Å². The molecule has 1 aliphatic rings. The Morgan fingerprint density at radius 2 is 1.79 bits per heavy atom. The van der Waals surface area contributed by atoms with Crippen molar-refractivity contribution in [2.75, 3.05) is 32.8 Å². The largest absolute Gasteiger partial charge is 0.483 e. The van der Waals surface area contributed by atoms with Gasteiger partial charge in [-0.15, -0.1) is 0 Å². The summed E-state index contributed by atoms with van der Waals surface area (Å²) in [6.45, 7) is 4.11.